The van der Waals surface area contributed by atoms with Crippen LogP contribution < -0.4 is 5.73 Å². The van der Waals surface area contributed by atoms with Gasteiger partial charge in [-0.25, -0.2) is 0 Å². The normalized spacial score (nSPS) is 29.3. The van der Waals surface area contributed by atoms with Crippen LogP contribution in [0.5, 0.6) is 0 Å². The van der Waals surface area contributed by atoms with Gasteiger partial charge in [0.1, 0.15) is 5.60 Å². The van der Waals surface area contributed by atoms with Gasteiger partial charge in [0.2, 0.25) is 11.7 Å². The number of hydrogen-bond acceptors (Lipinski definition) is 6. The third-order valence-corrected chi connectivity index (χ3v) is 4.35. The van der Waals surface area contributed by atoms with Gasteiger partial charge in [0.15, 0.2) is 0 Å². The van der Waals surface area contributed by atoms with Crippen LogP contribution in [0.2, 0.25) is 0 Å². The lowest BCUT2D eigenvalue weighted by Gasteiger charge is -2.36. The van der Waals surface area contributed by atoms with Gasteiger partial charge in [0.25, 0.3) is 0 Å². The molecule has 0 aliphatic heterocycles. The Morgan fingerprint density at radius 2 is 2.14 bits per heavy atom. The van der Waals surface area contributed by atoms with Crippen molar-refractivity contribution < 1.29 is 14.4 Å². The Morgan fingerprint density at radius 3 is 2.71 bits per heavy atom. The summed E-state index contributed by atoms with van der Waals surface area (Å²) in [5.74, 6) is 1.74. The molecule has 21 heavy (non-hydrogen) atoms. The fourth-order valence-electron chi connectivity index (χ4n) is 2.85. The molecule has 0 amide bonds. The summed E-state index contributed by atoms with van der Waals surface area (Å²) in [6.07, 6.45) is 4.28. The predicted molar refractivity (Wildman–Crippen MR) is 78.6 cm³/mol. The van der Waals surface area contributed by atoms with E-state index in [1.165, 1.54) is 0 Å². The van der Waals surface area contributed by atoms with Crippen molar-refractivity contribution >= 4 is 0 Å². The molecule has 1 aliphatic rings. The monoisotopic (exact) mass is 297 g/mol. The second-order valence-corrected chi connectivity index (χ2v) is 6.50. The Morgan fingerprint density at radius 1 is 1.48 bits per heavy atom. The van der Waals surface area contributed by atoms with E-state index in [-0.39, 0.29) is 13.0 Å². The van der Waals surface area contributed by atoms with Crippen molar-refractivity contribution in [3.8, 4) is 0 Å². The van der Waals surface area contributed by atoms with Crippen LogP contribution in [-0.2, 0) is 16.8 Å². The van der Waals surface area contributed by atoms with Gasteiger partial charge in [-0.2, -0.15) is 4.98 Å². The molecule has 0 aromatic carbocycles. The lowest BCUT2D eigenvalue weighted by Crippen LogP contribution is -2.37. The average molecular weight is 297 g/mol. The summed E-state index contributed by atoms with van der Waals surface area (Å²) in [6.45, 7) is 6.69. The van der Waals surface area contributed by atoms with Gasteiger partial charge in [0, 0.05) is 13.2 Å². The number of ether oxygens (including phenoxy) is 1. The Bertz CT molecular complexity index is 451. The molecular weight excluding hydrogens is 270 g/mol. The first-order valence-corrected chi connectivity index (χ1v) is 7.80. The van der Waals surface area contributed by atoms with Gasteiger partial charge >= 0.3 is 0 Å². The summed E-state index contributed by atoms with van der Waals surface area (Å²) < 4.78 is 11.3. The van der Waals surface area contributed by atoms with E-state index in [2.05, 4.69) is 17.1 Å². The van der Waals surface area contributed by atoms with Gasteiger partial charge in [-0.05, 0) is 45.4 Å². The van der Waals surface area contributed by atoms with E-state index in [4.69, 9.17) is 15.0 Å². The van der Waals surface area contributed by atoms with E-state index < -0.39 is 11.2 Å². The van der Waals surface area contributed by atoms with Crippen molar-refractivity contribution in [2.75, 3.05) is 13.2 Å². The maximum atomic E-state index is 10.0. The minimum absolute atomic E-state index is 0.152. The Labute approximate surface area is 126 Å². The molecule has 6 heteroatoms. The fraction of sp³-hybridized carbons (Fsp3) is 0.867. The highest BCUT2D eigenvalue weighted by atomic mass is 16.5. The van der Waals surface area contributed by atoms with Crippen LogP contribution in [-0.4, -0.2) is 34.0 Å². The summed E-state index contributed by atoms with van der Waals surface area (Å²) in [6, 6.07) is 0. The number of rotatable bonds is 6. The highest BCUT2D eigenvalue weighted by molar-refractivity contribution is 5.05. The smallest absolute Gasteiger partial charge is 0.229 e. The molecule has 1 heterocycles. The molecule has 1 aromatic heterocycles. The molecule has 6 nitrogen and oxygen atoms in total. The molecule has 2 rings (SSSR count). The van der Waals surface area contributed by atoms with Crippen LogP contribution in [0.25, 0.3) is 0 Å². The van der Waals surface area contributed by atoms with Crippen LogP contribution >= 0.6 is 0 Å². The lowest BCUT2D eigenvalue weighted by molar-refractivity contribution is -0.0847. The zero-order valence-electron chi connectivity index (χ0n) is 13.3. The topological polar surface area (TPSA) is 94.4 Å². The second kappa shape index (κ2) is 6.42. The van der Waals surface area contributed by atoms with Crippen molar-refractivity contribution in [2.24, 2.45) is 11.7 Å². The first-order chi connectivity index (χ1) is 9.91. The first-order valence-electron chi connectivity index (χ1n) is 7.80. The van der Waals surface area contributed by atoms with Crippen LogP contribution in [0.4, 0.5) is 0 Å². The molecule has 0 radical (unpaired) electrons. The van der Waals surface area contributed by atoms with E-state index in [1.807, 2.05) is 6.92 Å². The molecule has 120 valence electrons. The van der Waals surface area contributed by atoms with Crippen LogP contribution in [0.15, 0.2) is 4.52 Å². The van der Waals surface area contributed by atoms with Crippen LogP contribution in [0, 0.1) is 5.92 Å². The molecule has 1 saturated carbocycles. The summed E-state index contributed by atoms with van der Waals surface area (Å²) in [5, 5.41) is 14.1. The third kappa shape index (κ3) is 3.81. The van der Waals surface area contributed by atoms with E-state index in [1.54, 1.807) is 6.92 Å². The Balaban J connectivity index is 2.16. The molecule has 1 atom stereocenters. The lowest BCUT2D eigenvalue weighted by atomic mass is 9.79. The largest absolute Gasteiger partial charge is 0.388 e. The molecule has 1 aromatic rings. The van der Waals surface area contributed by atoms with Gasteiger partial charge < -0.3 is 20.1 Å². The molecule has 0 bridgehead atoms. The summed E-state index contributed by atoms with van der Waals surface area (Å²) in [7, 11) is 0. The minimum Gasteiger partial charge on any atom is -0.388 e. The predicted octanol–water partition coefficient (Wildman–Crippen LogP) is 1.76. The van der Waals surface area contributed by atoms with Crippen molar-refractivity contribution in [2.45, 2.75) is 64.1 Å². The van der Waals surface area contributed by atoms with Gasteiger partial charge in [0.05, 0.1) is 12.0 Å². The average Bonchev–Trinajstić information content (AvgIpc) is 2.90. The van der Waals surface area contributed by atoms with Crippen molar-refractivity contribution in [1.29, 1.82) is 0 Å². The zero-order valence-corrected chi connectivity index (χ0v) is 13.3. The van der Waals surface area contributed by atoms with Gasteiger partial charge in [-0.3, -0.25) is 0 Å². The minimum atomic E-state index is -1.02. The first kappa shape index (κ1) is 16.4. The van der Waals surface area contributed by atoms with Gasteiger partial charge in [-0.15, -0.1) is 0 Å². The molecule has 0 spiro atoms. The fourth-order valence-corrected chi connectivity index (χ4v) is 2.85. The van der Waals surface area contributed by atoms with Crippen LogP contribution in [0.3, 0.4) is 0 Å². The van der Waals surface area contributed by atoms with E-state index in [0.717, 1.165) is 25.7 Å². The van der Waals surface area contributed by atoms with E-state index in [9.17, 15) is 5.11 Å². The SMILES string of the molecule is CCOC1(c2noc(CC(C)(O)CN)n2)CCC(C)CC1. The van der Waals surface area contributed by atoms with Crippen molar-refractivity contribution in [1.82, 2.24) is 10.1 Å². The Kier molecular flexibility index (Phi) is 5.01. The molecular formula is C15H27N3O3. The maximum absolute atomic E-state index is 10.0. The summed E-state index contributed by atoms with van der Waals surface area (Å²) in [5.41, 5.74) is 4.07. The molecule has 3 N–H and O–H groups in total. The van der Waals surface area contributed by atoms with Crippen molar-refractivity contribution in [3.05, 3.63) is 11.7 Å². The van der Waals surface area contributed by atoms with Gasteiger partial charge in [-0.1, -0.05) is 12.1 Å². The zero-order chi connectivity index (χ0) is 15.5. The highest BCUT2D eigenvalue weighted by Gasteiger charge is 2.41. The molecule has 1 aliphatic carbocycles. The standard InChI is InChI=1S/C15H27N3O3/c1-4-20-15(7-5-11(2)6-8-15)13-17-12(21-18-13)9-14(3,19)10-16/h11,19H,4-10,16H2,1-3H3. The number of aromatic nitrogens is 2. The number of nitrogens with zero attached hydrogens (tertiary/aromatic N) is 2. The number of hydrogen-bond donors (Lipinski definition) is 2. The van der Waals surface area contributed by atoms with E-state index >= 15 is 0 Å². The molecule has 1 unspecified atom stereocenters. The number of aliphatic hydroxyl groups is 1. The summed E-state index contributed by atoms with van der Waals surface area (Å²) >= 11 is 0. The quantitative estimate of drug-likeness (QED) is 0.831. The van der Waals surface area contributed by atoms with Crippen molar-refractivity contribution in [3.63, 3.8) is 0 Å². The number of nitrogens with two attached hydrogens (primary N) is 1. The highest BCUT2D eigenvalue weighted by Crippen LogP contribution is 2.41. The van der Waals surface area contributed by atoms with E-state index in [0.29, 0.717) is 24.2 Å². The molecule has 0 saturated heterocycles. The third-order valence-electron chi connectivity index (χ3n) is 4.35. The molecule has 1 fully saturated rings. The Hall–Kier alpha value is -0.980. The summed E-state index contributed by atoms with van der Waals surface area (Å²) in [4.78, 5) is 4.46. The van der Waals surface area contributed by atoms with Crippen LogP contribution in [0.1, 0.15) is 58.2 Å². The maximum Gasteiger partial charge on any atom is 0.229 e. The second-order valence-electron chi connectivity index (χ2n) is 6.50.